The van der Waals surface area contributed by atoms with Crippen molar-refractivity contribution >= 4 is 29.3 Å². The van der Waals surface area contributed by atoms with E-state index in [1.165, 1.54) is 11.8 Å². The topological polar surface area (TPSA) is 56.1 Å². The smallest absolute Gasteiger partial charge is 0.230 e. The molecule has 0 aliphatic heterocycles. The van der Waals surface area contributed by atoms with Crippen LogP contribution in [0, 0.1) is 0 Å². The SMILES string of the molecule is COCCCNC(=O)CSc1ncc(-c2ccccc2)n1-c1ccccc1Cl. The second-order valence-electron chi connectivity index (χ2n) is 6.06. The Morgan fingerprint density at radius 2 is 1.93 bits per heavy atom. The highest BCUT2D eigenvalue weighted by molar-refractivity contribution is 7.99. The van der Waals surface area contributed by atoms with Crippen molar-refractivity contribution in [2.24, 2.45) is 0 Å². The molecule has 146 valence electrons. The summed E-state index contributed by atoms with van der Waals surface area (Å²) in [6.07, 6.45) is 2.61. The van der Waals surface area contributed by atoms with E-state index in [1.807, 2.05) is 65.4 Å². The highest BCUT2D eigenvalue weighted by Crippen LogP contribution is 2.32. The fourth-order valence-electron chi connectivity index (χ4n) is 2.74. The van der Waals surface area contributed by atoms with E-state index in [9.17, 15) is 4.79 Å². The number of carbonyl (C=O) groups is 1. The molecule has 5 nitrogen and oxygen atoms in total. The van der Waals surface area contributed by atoms with Crippen LogP contribution in [0.25, 0.3) is 16.9 Å². The van der Waals surface area contributed by atoms with Crippen molar-refractivity contribution in [1.29, 1.82) is 0 Å². The number of amides is 1. The zero-order chi connectivity index (χ0) is 19.8. The molecule has 0 aliphatic carbocycles. The summed E-state index contributed by atoms with van der Waals surface area (Å²) in [5.74, 6) is 0.249. The number of halogens is 1. The van der Waals surface area contributed by atoms with Gasteiger partial charge in [0.1, 0.15) is 0 Å². The zero-order valence-corrected chi connectivity index (χ0v) is 17.2. The van der Waals surface area contributed by atoms with Crippen molar-refractivity contribution in [3.05, 3.63) is 65.8 Å². The largest absolute Gasteiger partial charge is 0.385 e. The van der Waals surface area contributed by atoms with Crippen LogP contribution in [0.15, 0.2) is 66.0 Å². The number of aromatic nitrogens is 2. The first-order valence-electron chi connectivity index (χ1n) is 8.97. The molecule has 0 saturated carbocycles. The molecule has 3 rings (SSSR count). The second-order valence-corrected chi connectivity index (χ2v) is 7.41. The van der Waals surface area contributed by atoms with Crippen LogP contribution in [0.1, 0.15) is 6.42 Å². The summed E-state index contributed by atoms with van der Waals surface area (Å²) in [5.41, 5.74) is 2.80. The first-order chi connectivity index (χ1) is 13.7. The van der Waals surface area contributed by atoms with Gasteiger partial charge < -0.3 is 10.1 Å². The fraction of sp³-hybridized carbons (Fsp3) is 0.238. The Hall–Kier alpha value is -2.28. The number of methoxy groups -OCH3 is 1. The van der Waals surface area contributed by atoms with Crippen molar-refractivity contribution in [1.82, 2.24) is 14.9 Å². The highest BCUT2D eigenvalue weighted by atomic mass is 35.5. The Morgan fingerprint density at radius 1 is 1.18 bits per heavy atom. The Morgan fingerprint density at radius 3 is 2.68 bits per heavy atom. The minimum Gasteiger partial charge on any atom is -0.385 e. The van der Waals surface area contributed by atoms with Crippen molar-refractivity contribution in [3.63, 3.8) is 0 Å². The number of nitrogens with one attached hydrogen (secondary N) is 1. The van der Waals surface area contributed by atoms with Gasteiger partial charge in [0.15, 0.2) is 5.16 Å². The summed E-state index contributed by atoms with van der Waals surface area (Å²) in [6.45, 7) is 1.23. The van der Waals surface area contributed by atoms with E-state index < -0.39 is 0 Å². The van der Waals surface area contributed by atoms with Gasteiger partial charge >= 0.3 is 0 Å². The predicted octanol–water partition coefficient (Wildman–Crippen LogP) is 4.44. The van der Waals surface area contributed by atoms with Crippen LogP contribution in [0.4, 0.5) is 0 Å². The number of hydrogen-bond acceptors (Lipinski definition) is 4. The minimum atomic E-state index is -0.0314. The molecule has 28 heavy (non-hydrogen) atoms. The van der Waals surface area contributed by atoms with Gasteiger partial charge in [-0.3, -0.25) is 9.36 Å². The van der Waals surface area contributed by atoms with Crippen molar-refractivity contribution < 1.29 is 9.53 Å². The number of ether oxygens (including phenoxy) is 1. The summed E-state index contributed by atoms with van der Waals surface area (Å²) in [5, 5.41) is 4.24. The third-order valence-electron chi connectivity index (χ3n) is 4.07. The van der Waals surface area contributed by atoms with E-state index in [0.717, 1.165) is 28.5 Å². The Balaban J connectivity index is 1.83. The van der Waals surface area contributed by atoms with Crippen LogP contribution in [-0.4, -0.2) is 41.5 Å². The van der Waals surface area contributed by atoms with Crippen molar-refractivity contribution in [2.45, 2.75) is 11.6 Å². The summed E-state index contributed by atoms with van der Waals surface area (Å²) in [7, 11) is 1.65. The van der Waals surface area contributed by atoms with Gasteiger partial charge in [0.25, 0.3) is 0 Å². The van der Waals surface area contributed by atoms with E-state index in [1.54, 1.807) is 7.11 Å². The monoisotopic (exact) mass is 415 g/mol. The molecule has 7 heteroatoms. The maximum Gasteiger partial charge on any atom is 0.230 e. The van der Waals surface area contributed by atoms with Gasteiger partial charge in [0.2, 0.25) is 5.91 Å². The van der Waals surface area contributed by atoms with Crippen LogP contribution < -0.4 is 5.32 Å². The lowest BCUT2D eigenvalue weighted by Gasteiger charge is -2.13. The first kappa shape index (κ1) is 20.5. The molecule has 2 aromatic carbocycles. The quantitative estimate of drug-likeness (QED) is 0.414. The fourth-order valence-corrected chi connectivity index (χ4v) is 3.78. The first-order valence-corrected chi connectivity index (χ1v) is 10.3. The summed E-state index contributed by atoms with van der Waals surface area (Å²) < 4.78 is 6.99. The number of thioether (sulfide) groups is 1. The van der Waals surface area contributed by atoms with Gasteiger partial charge in [-0.1, -0.05) is 65.8 Å². The number of carbonyl (C=O) groups excluding carboxylic acids is 1. The molecule has 1 N–H and O–H groups in total. The molecule has 1 heterocycles. The van der Waals surface area contributed by atoms with Gasteiger partial charge in [-0.15, -0.1) is 0 Å². The van der Waals surface area contributed by atoms with Crippen molar-refractivity contribution in [2.75, 3.05) is 26.0 Å². The normalized spacial score (nSPS) is 10.8. The molecular formula is C21H22ClN3O2S. The van der Waals surface area contributed by atoms with Crippen LogP contribution in [0.3, 0.4) is 0 Å². The number of rotatable bonds is 9. The lowest BCUT2D eigenvalue weighted by atomic mass is 10.1. The van der Waals surface area contributed by atoms with E-state index in [2.05, 4.69) is 10.3 Å². The van der Waals surface area contributed by atoms with Gasteiger partial charge in [-0.25, -0.2) is 4.98 Å². The maximum atomic E-state index is 12.1. The standard InChI is InChI=1S/C21H22ClN3O2S/c1-27-13-7-12-23-20(26)15-28-21-24-14-19(16-8-3-2-4-9-16)25(21)18-11-6-5-10-17(18)22/h2-6,8-11,14H,7,12-13,15H2,1H3,(H,23,26). The average Bonchev–Trinajstić information content (AvgIpc) is 3.14. The Labute approximate surface area is 174 Å². The minimum absolute atomic E-state index is 0.0314. The van der Waals surface area contributed by atoms with E-state index >= 15 is 0 Å². The van der Waals surface area contributed by atoms with Crippen LogP contribution in [0.2, 0.25) is 5.02 Å². The molecule has 0 saturated heterocycles. The highest BCUT2D eigenvalue weighted by Gasteiger charge is 2.17. The van der Waals surface area contributed by atoms with Crippen molar-refractivity contribution in [3.8, 4) is 16.9 Å². The molecule has 0 unspecified atom stereocenters. The van der Waals surface area contributed by atoms with Gasteiger partial charge in [0.05, 0.1) is 28.4 Å². The summed E-state index contributed by atoms with van der Waals surface area (Å²) in [6, 6.07) is 17.6. The molecular weight excluding hydrogens is 394 g/mol. The van der Waals surface area contributed by atoms with E-state index in [4.69, 9.17) is 16.3 Å². The molecule has 0 spiro atoms. The van der Waals surface area contributed by atoms with Gasteiger partial charge in [-0.2, -0.15) is 0 Å². The molecule has 0 fully saturated rings. The number of hydrogen-bond donors (Lipinski definition) is 1. The number of para-hydroxylation sites is 1. The van der Waals surface area contributed by atoms with Crippen LogP contribution in [-0.2, 0) is 9.53 Å². The lowest BCUT2D eigenvalue weighted by Crippen LogP contribution is -2.26. The molecule has 0 atom stereocenters. The molecule has 1 aromatic heterocycles. The summed E-state index contributed by atoms with van der Waals surface area (Å²) in [4.78, 5) is 16.7. The average molecular weight is 416 g/mol. The Kier molecular flexibility index (Phi) is 7.54. The molecule has 0 aliphatic rings. The molecule has 3 aromatic rings. The Bertz CT molecular complexity index is 915. The molecule has 0 bridgehead atoms. The molecule has 1 amide bonds. The van der Waals surface area contributed by atoms with Crippen LogP contribution >= 0.6 is 23.4 Å². The molecule has 0 radical (unpaired) electrons. The van der Waals surface area contributed by atoms with Crippen LogP contribution in [0.5, 0.6) is 0 Å². The second kappa shape index (κ2) is 10.3. The van der Waals surface area contributed by atoms with Gasteiger partial charge in [-0.05, 0) is 18.6 Å². The number of benzene rings is 2. The third-order valence-corrected chi connectivity index (χ3v) is 5.34. The lowest BCUT2D eigenvalue weighted by molar-refractivity contribution is -0.118. The third kappa shape index (κ3) is 5.16. The van der Waals surface area contributed by atoms with E-state index in [-0.39, 0.29) is 11.7 Å². The predicted molar refractivity (Wildman–Crippen MR) is 114 cm³/mol. The van der Waals surface area contributed by atoms with Gasteiger partial charge in [0, 0.05) is 25.8 Å². The number of imidazole rings is 1. The summed E-state index contributed by atoms with van der Waals surface area (Å²) >= 11 is 7.85. The number of nitrogens with zero attached hydrogens (tertiary/aromatic N) is 2. The maximum absolute atomic E-state index is 12.1. The van der Waals surface area contributed by atoms with E-state index in [0.29, 0.717) is 18.2 Å². The zero-order valence-electron chi connectivity index (χ0n) is 15.6.